The van der Waals surface area contributed by atoms with Crippen LogP contribution in [0.4, 0.5) is 4.39 Å². The van der Waals surface area contributed by atoms with Gasteiger partial charge in [-0.15, -0.1) is 0 Å². The molecular formula is C29H32ClFN2O4. The lowest BCUT2D eigenvalue weighted by Gasteiger charge is -2.40. The van der Waals surface area contributed by atoms with Gasteiger partial charge in [-0.2, -0.15) is 0 Å². The monoisotopic (exact) mass is 526 g/mol. The second-order valence-corrected chi connectivity index (χ2v) is 9.12. The van der Waals surface area contributed by atoms with Crippen molar-refractivity contribution in [1.82, 2.24) is 9.88 Å². The van der Waals surface area contributed by atoms with Crippen LogP contribution in [-0.4, -0.2) is 39.4 Å². The molecule has 0 saturated heterocycles. The third kappa shape index (κ3) is 5.59. The first-order chi connectivity index (χ1) is 17.7. The topological polar surface area (TPSA) is 79.7 Å². The number of nitrogens with zero attached hydrogens (tertiary/aromatic N) is 2. The van der Waals surface area contributed by atoms with Gasteiger partial charge in [0.1, 0.15) is 5.82 Å². The van der Waals surface area contributed by atoms with E-state index < -0.39 is 23.6 Å². The second kappa shape index (κ2) is 11.9. The number of aromatic nitrogens is 1. The average molecular weight is 527 g/mol. The maximum atomic E-state index is 15.8. The molecule has 37 heavy (non-hydrogen) atoms. The lowest BCUT2D eigenvalue weighted by molar-refractivity contribution is -0.134. The van der Waals surface area contributed by atoms with E-state index in [0.29, 0.717) is 22.7 Å². The average Bonchev–Trinajstić information content (AvgIpc) is 3.14. The van der Waals surface area contributed by atoms with Crippen molar-refractivity contribution < 1.29 is 23.8 Å². The molecule has 0 saturated carbocycles. The van der Waals surface area contributed by atoms with E-state index in [0.717, 1.165) is 11.6 Å². The number of aliphatic hydroxyl groups is 1. The Balaban J connectivity index is 0.00000186. The van der Waals surface area contributed by atoms with Crippen LogP contribution < -0.4 is 0 Å². The molecule has 4 rings (SSSR count). The van der Waals surface area contributed by atoms with Gasteiger partial charge >= 0.3 is 0 Å². The van der Waals surface area contributed by atoms with Crippen LogP contribution in [-0.2, 0) is 17.0 Å². The summed E-state index contributed by atoms with van der Waals surface area (Å²) < 4.78 is 22.1. The highest BCUT2D eigenvalue weighted by molar-refractivity contribution is 6.30. The maximum Gasteiger partial charge on any atom is 0.257 e. The number of aryl methyl sites for hydroxylation is 1. The standard InChI is InChI=1S/C27H26ClFN2O4.C2H6/c1-4-22(33)15-35-27(19-6-8-20(28)9-7-19)25-23(11-18(17(3)32)12-24(25)29)26(34)31(27)14-21-10-5-16(2)13-30-21;1-2/h5-13,22,33H,4,14-15H2,1-3H3;1-2H3. The number of hydrogen-bond donors (Lipinski definition) is 1. The fourth-order valence-electron chi connectivity index (χ4n) is 4.23. The van der Waals surface area contributed by atoms with Crippen molar-refractivity contribution in [3.05, 3.63) is 99.1 Å². The molecule has 0 spiro atoms. The number of carbonyl (C=O) groups is 2. The van der Waals surface area contributed by atoms with Crippen molar-refractivity contribution >= 4 is 23.3 Å². The molecule has 0 fully saturated rings. The van der Waals surface area contributed by atoms with Crippen molar-refractivity contribution in [3.63, 3.8) is 0 Å². The van der Waals surface area contributed by atoms with Crippen LogP contribution in [0.1, 0.15) is 77.2 Å². The summed E-state index contributed by atoms with van der Waals surface area (Å²) in [5, 5.41) is 10.8. The molecule has 2 unspecified atom stereocenters. The van der Waals surface area contributed by atoms with E-state index >= 15 is 4.39 Å². The van der Waals surface area contributed by atoms with Gasteiger partial charge in [0.15, 0.2) is 11.5 Å². The Morgan fingerprint density at radius 3 is 2.43 bits per heavy atom. The van der Waals surface area contributed by atoms with Gasteiger partial charge in [0.2, 0.25) is 0 Å². The molecule has 2 atom stereocenters. The molecule has 0 radical (unpaired) electrons. The van der Waals surface area contributed by atoms with Gasteiger partial charge in [-0.1, -0.05) is 50.6 Å². The van der Waals surface area contributed by atoms with Crippen LogP contribution in [0.3, 0.4) is 0 Å². The highest BCUT2D eigenvalue weighted by Crippen LogP contribution is 2.48. The predicted octanol–water partition coefficient (Wildman–Crippen LogP) is 6.06. The zero-order valence-corrected chi connectivity index (χ0v) is 22.5. The minimum atomic E-state index is -1.71. The van der Waals surface area contributed by atoms with Crippen LogP contribution in [0.2, 0.25) is 5.02 Å². The molecule has 1 amide bonds. The lowest BCUT2D eigenvalue weighted by atomic mass is 9.91. The molecule has 2 aromatic carbocycles. The first-order valence-corrected chi connectivity index (χ1v) is 12.7. The first kappa shape index (κ1) is 28.4. The maximum absolute atomic E-state index is 15.8. The minimum Gasteiger partial charge on any atom is -0.391 e. The van der Waals surface area contributed by atoms with Crippen LogP contribution in [0, 0.1) is 12.7 Å². The Bertz CT molecular complexity index is 1260. The summed E-state index contributed by atoms with van der Waals surface area (Å²) in [5.41, 5.74) is 0.380. The van der Waals surface area contributed by atoms with Gasteiger partial charge in [0.25, 0.3) is 5.91 Å². The van der Waals surface area contributed by atoms with E-state index in [1.54, 1.807) is 43.5 Å². The third-order valence-electron chi connectivity index (χ3n) is 6.18. The molecule has 3 aromatic rings. The number of hydrogen-bond acceptors (Lipinski definition) is 5. The van der Waals surface area contributed by atoms with Crippen LogP contribution in [0.15, 0.2) is 54.7 Å². The number of aliphatic hydroxyl groups excluding tert-OH is 1. The first-order valence-electron chi connectivity index (χ1n) is 12.3. The number of Topliss-reactive ketones (excluding diaryl/α,β-unsaturated/α-hetero) is 1. The highest BCUT2D eigenvalue weighted by Gasteiger charge is 2.54. The fraction of sp³-hybridized carbons (Fsp3) is 0.345. The number of pyridine rings is 1. The molecule has 1 aromatic heterocycles. The van der Waals surface area contributed by atoms with Crippen LogP contribution in [0.5, 0.6) is 0 Å². The Morgan fingerprint density at radius 1 is 1.19 bits per heavy atom. The summed E-state index contributed by atoms with van der Waals surface area (Å²) in [7, 11) is 0. The summed E-state index contributed by atoms with van der Waals surface area (Å²) in [6.07, 6.45) is 1.25. The molecule has 196 valence electrons. The number of carbonyl (C=O) groups excluding carboxylic acids is 2. The number of ketones is 1. The number of fused-ring (bicyclic) bond motifs is 1. The number of rotatable bonds is 8. The van der Waals surface area contributed by atoms with Crippen LogP contribution in [0.25, 0.3) is 0 Å². The molecular weight excluding hydrogens is 495 g/mol. The number of ether oxygens (including phenoxy) is 1. The summed E-state index contributed by atoms with van der Waals surface area (Å²) in [6, 6.07) is 12.8. The van der Waals surface area contributed by atoms with Crippen molar-refractivity contribution in [1.29, 1.82) is 0 Å². The summed E-state index contributed by atoms with van der Waals surface area (Å²) in [6.45, 7) is 8.87. The largest absolute Gasteiger partial charge is 0.391 e. The van der Waals surface area contributed by atoms with E-state index in [9.17, 15) is 14.7 Å². The molecule has 2 heterocycles. The summed E-state index contributed by atoms with van der Waals surface area (Å²) in [5.74, 6) is -1.62. The Morgan fingerprint density at radius 2 is 1.86 bits per heavy atom. The highest BCUT2D eigenvalue weighted by atomic mass is 35.5. The van der Waals surface area contributed by atoms with Gasteiger partial charge in [-0.05, 0) is 56.2 Å². The quantitative estimate of drug-likeness (QED) is 0.361. The third-order valence-corrected chi connectivity index (χ3v) is 6.43. The molecule has 1 N–H and O–H groups in total. The van der Waals surface area contributed by atoms with E-state index in [2.05, 4.69) is 4.98 Å². The van der Waals surface area contributed by atoms with Gasteiger partial charge in [-0.25, -0.2) is 4.39 Å². The summed E-state index contributed by atoms with van der Waals surface area (Å²) >= 11 is 6.13. The van der Waals surface area contributed by atoms with E-state index in [-0.39, 0.29) is 35.6 Å². The number of amides is 1. The lowest BCUT2D eigenvalue weighted by Crippen LogP contribution is -2.48. The summed E-state index contributed by atoms with van der Waals surface area (Å²) in [4.78, 5) is 31.7. The van der Waals surface area contributed by atoms with Crippen LogP contribution >= 0.6 is 11.6 Å². The van der Waals surface area contributed by atoms with Gasteiger partial charge in [-0.3, -0.25) is 19.5 Å². The van der Waals surface area contributed by atoms with Crippen molar-refractivity contribution in [2.24, 2.45) is 0 Å². The molecule has 0 aliphatic carbocycles. The number of benzene rings is 2. The van der Waals surface area contributed by atoms with E-state index in [4.69, 9.17) is 16.3 Å². The van der Waals surface area contributed by atoms with Gasteiger partial charge in [0, 0.05) is 22.3 Å². The second-order valence-electron chi connectivity index (χ2n) is 8.68. The number of halogens is 2. The van der Waals surface area contributed by atoms with E-state index in [1.165, 1.54) is 17.9 Å². The van der Waals surface area contributed by atoms with Crippen molar-refractivity contribution in [2.75, 3.05) is 6.61 Å². The fourth-order valence-corrected chi connectivity index (χ4v) is 4.35. The predicted molar refractivity (Wildman–Crippen MR) is 141 cm³/mol. The zero-order valence-electron chi connectivity index (χ0n) is 21.7. The van der Waals surface area contributed by atoms with Gasteiger partial charge < -0.3 is 9.84 Å². The SMILES string of the molecule is CC.CCC(O)COC1(c2ccc(Cl)cc2)c2c(F)cc(C(C)=O)cc2C(=O)N1Cc1ccc(C)cn1. The van der Waals surface area contributed by atoms with Crippen molar-refractivity contribution in [3.8, 4) is 0 Å². The Kier molecular flexibility index (Phi) is 9.18. The molecule has 8 heteroatoms. The molecule has 6 nitrogen and oxygen atoms in total. The molecule has 0 bridgehead atoms. The zero-order chi connectivity index (χ0) is 27.3. The molecule has 1 aliphatic heterocycles. The van der Waals surface area contributed by atoms with Crippen molar-refractivity contribution in [2.45, 2.75) is 59.4 Å². The van der Waals surface area contributed by atoms with E-state index in [1.807, 2.05) is 26.8 Å². The molecule has 1 aliphatic rings. The minimum absolute atomic E-state index is 0.00743. The van der Waals surface area contributed by atoms with Gasteiger partial charge in [0.05, 0.1) is 36.1 Å². The Hall–Kier alpha value is -3.13. The normalized spacial score (nSPS) is 17.2. The Labute approximate surface area is 222 Å². The smallest absolute Gasteiger partial charge is 0.257 e.